The number of carbonyl (C=O) groups is 1. The first-order valence-corrected chi connectivity index (χ1v) is 5.82. The van der Waals surface area contributed by atoms with Crippen LogP contribution in [0.15, 0.2) is 49.7 Å². The molecular weight excluding hydrogens is 238 g/mol. The molecule has 2 heterocycles. The number of allylic oxidation sites excluding steroid dienone is 4. The Morgan fingerprint density at radius 3 is 2.68 bits per heavy atom. The van der Waals surface area contributed by atoms with Crippen molar-refractivity contribution in [1.29, 1.82) is 0 Å². The summed E-state index contributed by atoms with van der Waals surface area (Å²) >= 11 is 0. The Bertz CT molecular complexity index is 707. The van der Waals surface area contributed by atoms with Gasteiger partial charge in [0.15, 0.2) is 5.78 Å². The first-order chi connectivity index (χ1) is 9.10. The largest absolute Gasteiger partial charge is 0.383 e. The van der Waals surface area contributed by atoms with Crippen molar-refractivity contribution in [3.05, 3.63) is 60.8 Å². The monoisotopic (exact) mass is 253 g/mol. The number of nitrogens with zero attached hydrogens (tertiary/aromatic N) is 2. The van der Waals surface area contributed by atoms with Gasteiger partial charge in [-0.3, -0.25) is 4.79 Å². The third-order valence-corrected chi connectivity index (χ3v) is 2.93. The average Bonchev–Trinajstić information content (AvgIpc) is 2.82. The van der Waals surface area contributed by atoms with Crippen molar-refractivity contribution in [3.8, 4) is 0 Å². The highest BCUT2D eigenvalue weighted by molar-refractivity contribution is 6.01. The van der Waals surface area contributed by atoms with Gasteiger partial charge in [0.1, 0.15) is 5.82 Å². The van der Waals surface area contributed by atoms with E-state index >= 15 is 0 Å². The Kier molecular flexibility index (Phi) is 3.33. The van der Waals surface area contributed by atoms with Gasteiger partial charge < -0.3 is 5.73 Å². The molecule has 0 aliphatic rings. The molecule has 0 aromatic carbocycles. The molecule has 0 spiro atoms. The molecule has 0 unspecified atom stereocenters. The van der Waals surface area contributed by atoms with Crippen LogP contribution in [-0.4, -0.2) is 15.4 Å². The summed E-state index contributed by atoms with van der Waals surface area (Å²) in [6.07, 6.45) is 6.72. The Morgan fingerprint density at radius 1 is 1.37 bits per heavy atom. The lowest BCUT2D eigenvalue weighted by Crippen LogP contribution is -2.03. The van der Waals surface area contributed by atoms with Crippen LogP contribution in [-0.2, 0) is 0 Å². The van der Waals surface area contributed by atoms with Gasteiger partial charge in [0.05, 0.1) is 17.3 Å². The fraction of sp³-hybridized carbons (Fsp3) is 0.0667. The second-order valence-electron chi connectivity index (χ2n) is 4.11. The Labute approximate surface area is 111 Å². The van der Waals surface area contributed by atoms with Gasteiger partial charge in [-0.05, 0) is 24.6 Å². The number of hydrogen-bond acceptors (Lipinski definition) is 3. The lowest BCUT2D eigenvalue weighted by Gasteiger charge is -2.08. The number of fused-ring (bicyclic) bond motifs is 1. The van der Waals surface area contributed by atoms with E-state index < -0.39 is 0 Å². The van der Waals surface area contributed by atoms with E-state index in [1.807, 2.05) is 18.2 Å². The second-order valence-corrected chi connectivity index (χ2v) is 4.11. The Hall–Kier alpha value is -2.62. The van der Waals surface area contributed by atoms with Crippen LogP contribution in [0.5, 0.6) is 0 Å². The van der Waals surface area contributed by atoms with Gasteiger partial charge in [-0.25, -0.2) is 4.52 Å². The van der Waals surface area contributed by atoms with Crippen LogP contribution >= 0.6 is 0 Å². The minimum atomic E-state index is -0.0345. The van der Waals surface area contributed by atoms with Gasteiger partial charge in [-0.15, -0.1) is 0 Å². The molecule has 0 aliphatic carbocycles. The minimum Gasteiger partial charge on any atom is -0.383 e. The predicted octanol–water partition coefficient (Wildman–Crippen LogP) is 2.87. The van der Waals surface area contributed by atoms with E-state index in [0.29, 0.717) is 16.9 Å². The normalized spacial score (nSPS) is 11.5. The lowest BCUT2D eigenvalue weighted by atomic mass is 10.1. The summed E-state index contributed by atoms with van der Waals surface area (Å²) in [5.74, 6) is 0.436. The van der Waals surface area contributed by atoms with Crippen molar-refractivity contribution in [2.24, 2.45) is 0 Å². The molecule has 19 heavy (non-hydrogen) atoms. The summed E-state index contributed by atoms with van der Waals surface area (Å²) in [4.78, 5) is 11.5. The molecule has 2 rings (SSSR count). The fourth-order valence-corrected chi connectivity index (χ4v) is 1.98. The summed E-state index contributed by atoms with van der Waals surface area (Å²) in [5, 5.41) is 4.16. The van der Waals surface area contributed by atoms with E-state index in [-0.39, 0.29) is 5.78 Å². The molecule has 96 valence electrons. The second kappa shape index (κ2) is 4.94. The summed E-state index contributed by atoms with van der Waals surface area (Å²) in [5.41, 5.74) is 9.03. The van der Waals surface area contributed by atoms with E-state index in [1.165, 1.54) is 13.1 Å². The number of rotatable bonds is 4. The van der Waals surface area contributed by atoms with Crippen molar-refractivity contribution in [3.63, 3.8) is 0 Å². The molecule has 0 radical (unpaired) electrons. The smallest absolute Gasteiger partial charge is 0.163 e. The van der Waals surface area contributed by atoms with Crippen LogP contribution in [0.25, 0.3) is 11.1 Å². The summed E-state index contributed by atoms with van der Waals surface area (Å²) in [7, 11) is 0. The number of pyridine rings is 1. The van der Waals surface area contributed by atoms with Crippen molar-refractivity contribution in [2.75, 3.05) is 5.73 Å². The number of carbonyl (C=O) groups excluding carboxylic acids is 1. The third-order valence-electron chi connectivity index (χ3n) is 2.93. The highest BCUT2D eigenvalue weighted by atomic mass is 16.1. The number of nitrogen functional groups attached to an aromatic ring is 1. The minimum absolute atomic E-state index is 0.0345. The van der Waals surface area contributed by atoms with Gasteiger partial charge in [0.2, 0.25) is 0 Å². The SMILES string of the molecule is C=C/C=C(\C=C)c1ccc2c(C(C)=O)cnn2c1N. The maximum atomic E-state index is 11.5. The van der Waals surface area contributed by atoms with Gasteiger partial charge in [0, 0.05) is 5.56 Å². The predicted molar refractivity (Wildman–Crippen MR) is 78.0 cm³/mol. The number of hydrogen-bond donors (Lipinski definition) is 1. The summed E-state index contributed by atoms with van der Waals surface area (Å²) < 4.78 is 1.56. The van der Waals surface area contributed by atoms with Crippen molar-refractivity contribution >= 4 is 22.7 Å². The number of aromatic nitrogens is 2. The van der Waals surface area contributed by atoms with E-state index in [9.17, 15) is 4.79 Å². The molecule has 2 aromatic heterocycles. The summed E-state index contributed by atoms with van der Waals surface area (Å²) in [6.45, 7) is 8.92. The van der Waals surface area contributed by atoms with Crippen molar-refractivity contribution in [1.82, 2.24) is 9.61 Å². The molecule has 2 aromatic rings. The topological polar surface area (TPSA) is 60.4 Å². The molecule has 2 N–H and O–H groups in total. The molecule has 0 bridgehead atoms. The number of ketones is 1. The molecule has 0 atom stereocenters. The van der Waals surface area contributed by atoms with E-state index in [4.69, 9.17) is 5.73 Å². The maximum Gasteiger partial charge on any atom is 0.163 e. The highest BCUT2D eigenvalue weighted by Crippen LogP contribution is 2.25. The average molecular weight is 253 g/mol. The fourth-order valence-electron chi connectivity index (χ4n) is 1.98. The maximum absolute atomic E-state index is 11.5. The number of anilines is 1. The van der Waals surface area contributed by atoms with Gasteiger partial charge in [-0.1, -0.05) is 31.4 Å². The van der Waals surface area contributed by atoms with E-state index in [2.05, 4.69) is 18.3 Å². The molecule has 0 saturated carbocycles. The van der Waals surface area contributed by atoms with Gasteiger partial charge in [-0.2, -0.15) is 5.10 Å². The van der Waals surface area contributed by atoms with Crippen LogP contribution in [0, 0.1) is 0 Å². The molecule has 0 fully saturated rings. The molecular formula is C15H15N3O. The Balaban J connectivity index is 2.72. The van der Waals surface area contributed by atoms with E-state index in [0.717, 1.165) is 11.1 Å². The zero-order chi connectivity index (χ0) is 14.0. The number of Topliss-reactive ketones (excluding diaryl/α,β-unsaturated/α-hetero) is 1. The first-order valence-electron chi connectivity index (χ1n) is 5.82. The molecule has 4 heteroatoms. The third kappa shape index (κ3) is 2.08. The molecule has 4 nitrogen and oxygen atoms in total. The number of nitrogens with two attached hydrogens (primary N) is 1. The van der Waals surface area contributed by atoms with Crippen molar-refractivity contribution < 1.29 is 4.79 Å². The zero-order valence-corrected chi connectivity index (χ0v) is 10.8. The van der Waals surface area contributed by atoms with Gasteiger partial charge >= 0.3 is 0 Å². The standard InChI is InChI=1S/C15H15N3O/c1-4-6-11(5-2)12-7-8-14-13(10(3)19)9-17-18(14)15(12)16/h4-9H,1-2,16H2,3H3/b11-6+. The van der Waals surface area contributed by atoms with Crippen LogP contribution in [0.4, 0.5) is 5.82 Å². The molecule has 0 aliphatic heterocycles. The lowest BCUT2D eigenvalue weighted by molar-refractivity contribution is 0.101. The molecule has 0 saturated heterocycles. The van der Waals surface area contributed by atoms with Crippen LogP contribution in [0.3, 0.4) is 0 Å². The van der Waals surface area contributed by atoms with Crippen LogP contribution in [0.1, 0.15) is 22.8 Å². The highest BCUT2D eigenvalue weighted by Gasteiger charge is 2.13. The molecule has 0 amide bonds. The van der Waals surface area contributed by atoms with Crippen LogP contribution in [0.2, 0.25) is 0 Å². The quantitative estimate of drug-likeness (QED) is 0.673. The summed E-state index contributed by atoms with van der Waals surface area (Å²) in [6, 6.07) is 3.69. The van der Waals surface area contributed by atoms with E-state index in [1.54, 1.807) is 16.7 Å². The van der Waals surface area contributed by atoms with Gasteiger partial charge in [0.25, 0.3) is 0 Å². The Morgan fingerprint density at radius 2 is 2.11 bits per heavy atom. The van der Waals surface area contributed by atoms with Crippen molar-refractivity contribution in [2.45, 2.75) is 6.92 Å². The van der Waals surface area contributed by atoms with Crippen LogP contribution < -0.4 is 5.73 Å². The first kappa shape index (κ1) is 12.8. The zero-order valence-electron chi connectivity index (χ0n) is 10.8.